The summed E-state index contributed by atoms with van der Waals surface area (Å²) in [5.74, 6) is 13.0. The first-order valence-electron chi connectivity index (χ1n) is 6.36. The van der Waals surface area contributed by atoms with Crippen LogP contribution in [0.3, 0.4) is 0 Å². The molecule has 0 radical (unpaired) electrons. The molecule has 3 aromatic rings. The van der Waals surface area contributed by atoms with E-state index in [1.165, 1.54) is 33.1 Å². The molecular formula is C12H14N8S2. The van der Waals surface area contributed by atoms with Gasteiger partial charge < -0.3 is 11.7 Å². The Balaban J connectivity index is 1.67. The van der Waals surface area contributed by atoms with Crippen LogP contribution in [-0.4, -0.2) is 29.7 Å². The molecule has 0 saturated heterocycles. The molecule has 0 bridgehead atoms. The normalized spacial score (nSPS) is 10.9. The van der Waals surface area contributed by atoms with Crippen LogP contribution in [-0.2, 0) is 11.5 Å². The van der Waals surface area contributed by atoms with Crippen LogP contribution in [0.1, 0.15) is 11.1 Å². The third-order valence-corrected chi connectivity index (χ3v) is 4.92. The Morgan fingerprint density at radius 1 is 0.818 bits per heavy atom. The monoisotopic (exact) mass is 334 g/mol. The van der Waals surface area contributed by atoms with Gasteiger partial charge in [-0.15, -0.1) is 20.4 Å². The van der Waals surface area contributed by atoms with Gasteiger partial charge in [-0.25, -0.2) is 9.35 Å². The fraction of sp³-hybridized carbons (Fsp3) is 0.167. The summed E-state index contributed by atoms with van der Waals surface area (Å²) in [4.78, 5) is 0. The van der Waals surface area contributed by atoms with E-state index in [9.17, 15) is 0 Å². The highest BCUT2D eigenvalue weighted by Crippen LogP contribution is 2.26. The maximum absolute atomic E-state index is 5.72. The number of hydrogen-bond donors (Lipinski definition) is 2. The van der Waals surface area contributed by atoms with Gasteiger partial charge in [0.2, 0.25) is 10.3 Å². The van der Waals surface area contributed by atoms with Gasteiger partial charge in [0.15, 0.2) is 0 Å². The highest BCUT2D eigenvalue weighted by Gasteiger charge is 2.08. The summed E-state index contributed by atoms with van der Waals surface area (Å²) in [7, 11) is 0. The van der Waals surface area contributed by atoms with Gasteiger partial charge >= 0.3 is 0 Å². The third-order valence-electron chi connectivity index (χ3n) is 2.91. The molecule has 0 aliphatic carbocycles. The van der Waals surface area contributed by atoms with Gasteiger partial charge in [-0.2, -0.15) is 0 Å². The van der Waals surface area contributed by atoms with Crippen LogP contribution in [0.4, 0.5) is 0 Å². The van der Waals surface area contributed by atoms with E-state index >= 15 is 0 Å². The minimum atomic E-state index is 0.684. The summed E-state index contributed by atoms with van der Waals surface area (Å²) < 4.78 is 2.83. The van der Waals surface area contributed by atoms with Crippen LogP contribution >= 0.6 is 23.5 Å². The minimum Gasteiger partial charge on any atom is -0.336 e. The first-order chi connectivity index (χ1) is 10.7. The Morgan fingerprint density at radius 3 is 1.64 bits per heavy atom. The lowest BCUT2D eigenvalue weighted by molar-refractivity contribution is 0.845. The zero-order valence-corrected chi connectivity index (χ0v) is 13.2. The molecule has 2 aromatic heterocycles. The number of nitrogen functional groups attached to an aromatic ring is 2. The van der Waals surface area contributed by atoms with Gasteiger partial charge in [0.05, 0.1) is 0 Å². The van der Waals surface area contributed by atoms with E-state index in [0.717, 1.165) is 11.5 Å². The Kier molecular flexibility index (Phi) is 4.49. The van der Waals surface area contributed by atoms with Crippen molar-refractivity contribution in [2.75, 3.05) is 11.7 Å². The zero-order valence-electron chi connectivity index (χ0n) is 11.5. The fourth-order valence-corrected chi connectivity index (χ4v) is 3.53. The van der Waals surface area contributed by atoms with Crippen LogP contribution in [0.2, 0.25) is 0 Å². The van der Waals surface area contributed by atoms with E-state index in [1.54, 1.807) is 23.5 Å². The number of thioether (sulfide) groups is 2. The lowest BCUT2D eigenvalue weighted by Crippen LogP contribution is -2.08. The molecule has 10 heteroatoms. The maximum Gasteiger partial charge on any atom is 0.209 e. The summed E-state index contributed by atoms with van der Waals surface area (Å²) in [5, 5.41) is 16.8. The van der Waals surface area contributed by atoms with Gasteiger partial charge in [-0.05, 0) is 11.1 Å². The third kappa shape index (κ3) is 3.34. The first-order valence-corrected chi connectivity index (χ1v) is 8.33. The molecule has 3 rings (SSSR count). The lowest BCUT2D eigenvalue weighted by Gasteiger charge is -2.08. The van der Waals surface area contributed by atoms with Crippen molar-refractivity contribution in [2.24, 2.45) is 0 Å². The molecule has 0 aliphatic heterocycles. The van der Waals surface area contributed by atoms with E-state index in [0.29, 0.717) is 10.3 Å². The average Bonchev–Trinajstić information content (AvgIpc) is 3.12. The maximum atomic E-state index is 5.72. The second-order valence-corrected chi connectivity index (χ2v) is 6.27. The quantitative estimate of drug-likeness (QED) is 0.504. The highest BCUT2D eigenvalue weighted by molar-refractivity contribution is 7.98. The highest BCUT2D eigenvalue weighted by atomic mass is 32.2. The second-order valence-electron chi connectivity index (χ2n) is 4.39. The van der Waals surface area contributed by atoms with E-state index < -0.39 is 0 Å². The van der Waals surface area contributed by atoms with Crippen molar-refractivity contribution in [1.82, 2.24) is 29.7 Å². The van der Waals surface area contributed by atoms with E-state index in [4.69, 9.17) is 11.7 Å². The summed E-state index contributed by atoms with van der Waals surface area (Å²) in [6.07, 6.45) is 2.97. The first kappa shape index (κ1) is 14.7. The van der Waals surface area contributed by atoms with Gasteiger partial charge in [0.1, 0.15) is 12.7 Å². The molecule has 114 valence electrons. The lowest BCUT2D eigenvalue weighted by atomic mass is 10.1. The van der Waals surface area contributed by atoms with Crippen molar-refractivity contribution >= 4 is 23.5 Å². The number of rotatable bonds is 6. The molecule has 0 unspecified atom stereocenters. The van der Waals surface area contributed by atoms with E-state index in [1.807, 2.05) is 12.1 Å². The smallest absolute Gasteiger partial charge is 0.209 e. The van der Waals surface area contributed by atoms with Crippen LogP contribution in [0.25, 0.3) is 0 Å². The molecule has 2 heterocycles. The molecular weight excluding hydrogens is 320 g/mol. The van der Waals surface area contributed by atoms with E-state index in [-0.39, 0.29) is 0 Å². The SMILES string of the molecule is Nn1cnnc1SCc1ccccc1CSc1nncn1N. The molecule has 22 heavy (non-hydrogen) atoms. The van der Waals surface area contributed by atoms with Crippen molar-refractivity contribution in [3.63, 3.8) is 0 Å². The molecule has 8 nitrogen and oxygen atoms in total. The van der Waals surface area contributed by atoms with Crippen molar-refractivity contribution in [2.45, 2.75) is 21.8 Å². The molecule has 0 spiro atoms. The van der Waals surface area contributed by atoms with Crippen LogP contribution in [0.15, 0.2) is 47.2 Å². The average molecular weight is 334 g/mol. The Morgan fingerprint density at radius 2 is 1.27 bits per heavy atom. The number of nitrogens with two attached hydrogens (primary N) is 2. The Bertz CT molecular complexity index is 690. The molecule has 0 atom stereocenters. The van der Waals surface area contributed by atoms with Crippen LogP contribution < -0.4 is 11.7 Å². The molecule has 1 aromatic carbocycles. The number of benzene rings is 1. The number of aromatic nitrogens is 6. The van der Waals surface area contributed by atoms with Gasteiger partial charge in [-0.1, -0.05) is 47.8 Å². The van der Waals surface area contributed by atoms with Crippen molar-refractivity contribution in [3.05, 3.63) is 48.0 Å². The molecule has 0 aliphatic rings. The van der Waals surface area contributed by atoms with Crippen molar-refractivity contribution in [3.8, 4) is 0 Å². The summed E-state index contributed by atoms with van der Waals surface area (Å²) in [5.41, 5.74) is 2.43. The number of hydrogen-bond acceptors (Lipinski definition) is 8. The Hall–Kier alpha value is -2.20. The Labute approximate surface area is 135 Å². The number of nitrogens with zero attached hydrogens (tertiary/aromatic N) is 6. The predicted molar refractivity (Wildman–Crippen MR) is 85.9 cm³/mol. The largest absolute Gasteiger partial charge is 0.336 e. The summed E-state index contributed by atoms with van der Waals surface area (Å²) in [6, 6.07) is 8.21. The molecule has 0 amide bonds. The van der Waals surface area contributed by atoms with Gasteiger partial charge in [0.25, 0.3) is 0 Å². The molecule has 4 N–H and O–H groups in total. The van der Waals surface area contributed by atoms with Crippen molar-refractivity contribution in [1.29, 1.82) is 0 Å². The second kappa shape index (κ2) is 6.71. The summed E-state index contributed by atoms with van der Waals surface area (Å²) in [6.45, 7) is 0. The predicted octanol–water partition coefficient (Wildman–Crippen LogP) is 0.882. The molecule has 0 fully saturated rings. The fourth-order valence-electron chi connectivity index (χ4n) is 1.79. The topological polar surface area (TPSA) is 113 Å². The van der Waals surface area contributed by atoms with Gasteiger partial charge in [-0.3, -0.25) is 0 Å². The minimum absolute atomic E-state index is 0.684. The summed E-state index contributed by atoms with van der Waals surface area (Å²) >= 11 is 3.09. The standard InChI is InChI=1S/C12H14N8S2/c13-19-7-15-17-11(19)21-5-9-3-1-2-4-10(9)6-22-12-18-16-8-20(12)14/h1-4,7-8H,5-6,13-14H2. The van der Waals surface area contributed by atoms with Crippen LogP contribution in [0, 0.1) is 0 Å². The van der Waals surface area contributed by atoms with Crippen molar-refractivity contribution < 1.29 is 0 Å². The molecule has 0 saturated carbocycles. The zero-order chi connectivity index (χ0) is 15.4. The van der Waals surface area contributed by atoms with Crippen LogP contribution in [0.5, 0.6) is 0 Å². The van der Waals surface area contributed by atoms with Gasteiger partial charge in [0, 0.05) is 11.5 Å². The van der Waals surface area contributed by atoms with E-state index in [2.05, 4.69) is 32.5 Å².